The van der Waals surface area contributed by atoms with E-state index in [1.54, 1.807) is 35.7 Å². The molecule has 3 rings (SSSR count). The summed E-state index contributed by atoms with van der Waals surface area (Å²) in [5, 5.41) is 16.5. The third-order valence-corrected chi connectivity index (χ3v) is 5.08. The minimum atomic E-state index is -0.626. The fourth-order valence-corrected chi connectivity index (χ4v) is 4.06. The number of hydrogen-bond donors (Lipinski definition) is 2. The molecule has 0 fully saturated rings. The second-order valence-corrected chi connectivity index (χ2v) is 7.21. The fourth-order valence-electron chi connectivity index (χ4n) is 2.93. The van der Waals surface area contributed by atoms with Crippen LogP contribution in [0.25, 0.3) is 0 Å². The van der Waals surface area contributed by atoms with Crippen LogP contribution in [-0.4, -0.2) is 40.6 Å². The van der Waals surface area contributed by atoms with E-state index in [1.165, 1.54) is 11.3 Å². The lowest BCUT2D eigenvalue weighted by Gasteiger charge is -2.27. The first-order chi connectivity index (χ1) is 11.0. The van der Waals surface area contributed by atoms with Crippen molar-refractivity contribution in [2.45, 2.75) is 18.6 Å². The Morgan fingerprint density at radius 2 is 2.30 bits per heavy atom. The molecule has 1 amide bonds. The molecular weight excluding hydrogens is 357 g/mol. The summed E-state index contributed by atoms with van der Waals surface area (Å²) in [6.07, 6.45) is 1.46. The zero-order chi connectivity index (χ0) is 16.6. The maximum Gasteiger partial charge on any atom is 0.240 e. The Morgan fingerprint density at radius 1 is 1.52 bits per heavy atom. The van der Waals surface area contributed by atoms with Gasteiger partial charge in [0.1, 0.15) is 0 Å². The SMILES string of the molecule is CN(CC(=O)Nc1nccs1)[C@H]1c2cc(Cl)cc(Cl)c2C[C@H]1O. The van der Waals surface area contributed by atoms with Gasteiger partial charge in [0, 0.05) is 28.0 Å². The Hall–Kier alpha value is -1.18. The van der Waals surface area contributed by atoms with E-state index in [4.69, 9.17) is 23.2 Å². The summed E-state index contributed by atoms with van der Waals surface area (Å²) in [4.78, 5) is 17.9. The van der Waals surface area contributed by atoms with Crippen molar-refractivity contribution in [2.75, 3.05) is 18.9 Å². The van der Waals surface area contributed by atoms with Gasteiger partial charge in [0.2, 0.25) is 5.91 Å². The molecule has 0 saturated heterocycles. The van der Waals surface area contributed by atoms with E-state index in [2.05, 4.69) is 10.3 Å². The molecule has 122 valence electrons. The van der Waals surface area contributed by atoms with Crippen molar-refractivity contribution in [1.29, 1.82) is 0 Å². The molecule has 8 heteroatoms. The van der Waals surface area contributed by atoms with Crippen LogP contribution in [0.5, 0.6) is 0 Å². The molecule has 1 aromatic heterocycles. The highest BCUT2D eigenvalue weighted by Crippen LogP contribution is 2.40. The Kier molecular flexibility index (Phi) is 4.89. The summed E-state index contributed by atoms with van der Waals surface area (Å²) in [5.41, 5.74) is 1.76. The Labute approximate surface area is 147 Å². The average Bonchev–Trinajstić information content (AvgIpc) is 3.05. The van der Waals surface area contributed by atoms with E-state index in [1.807, 2.05) is 0 Å². The van der Waals surface area contributed by atoms with Crippen LogP contribution in [0.15, 0.2) is 23.7 Å². The van der Waals surface area contributed by atoms with Gasteiger partial charge in [-0.25, -0.2) is 4.98 Å². The Balaban J connectivity index is 1.75. The quantitative estimate of drug-likeness (QED) is 0.866. The van der Waals surface area contributed by atoms with Gasteiger partial charge >= 0.3 is 0 Å². The van der Waals surface area contributed by atoms with Crippen molar-refractivity contribution in [1.82, 2.24) is 9.88 Å². The van der Waals surface area contributed by atoms with Crippen LogP contribution in [0.3, 0.4) is 0 Å². The van der Waals surface area contributed by atoms with Crippen LogP contribution in [0.4, 0.5) is 5.13 Å². The second-order valence-electron chi connectivity index (χ2n) is 5.47. The molecule has 0 saturated carbocycles. The summed E-state index contributed by atoms with van der Waals surface area (Å²) < 4.78 is 0. The van der Waals surface area contributed by atoms with Crippen molar-refractivity contribution >= 4 is 45.6 Å². The number of amides is 1. The van der Waals surface area contributed by atoms with Crippen molar-refractivity contribution in [3.05, 3.63) is 44.9 Å². The summed E-state index contributed by atoms with van der Waals surface area (Å²) in [6.45, 7) is 0.130. The summed E-state index contributed by atoms with van der Waals surface area (Å²) in [7, 11) is 1.79. The van der Waals surface area contributed by atoms with Crippen LogP contribution >= 0.6 is 34.5 Å². The number of likely N-dealkylation sites (N-methyl/N-ethyl adjacent to an activating group) is 1. The lowest BCUT2D eigenvalue weighted by molar-refractivity contribution is -0.118. The number of benzene rings is 1. The second kappa shape index (κ2) is 6.75. The smallest absolute Gasteiger partial charge is 0.240 e. The third-order valence-electron chi connectivity index (χ3n) is 3.84. The lowest BCUT2D eigenvalue weighted by atomic mass is 10.1. The van der Waals surface area contributed by atoms with E-state index in [0.29, 0.717) is 21.6 Å². The number of hydrogen-bond acceptors (Lipinski definition) is 5. The minimum Gasteiger partial charge on any atom is -0.391 e. The molecule has 0 bridgehead atoms. The molecule has 0 unspecified atom stereocenters. The highest BCUT2D eigenvalue weighted by atomic mass is 35.5. The number of anilines is 1. The molecular formula is C15H15Cl2N3O2S. The first kappa shape index (κ1) is 16.7. The van der Waals surface area contributed by atoms with E-state index >= 15 is 0 Å². The molecule has 2 atom stereocenters. The monoisotopic (exact) mass is 371 g/mol. The number of carbonyl (C=O) groups excluding carboxylic acids is 1. The third kappa shape index (κ3) is 3.51. The van der Waals surface area contributed by atoms with Gasteiger partial charge in [0.15, 0.2) is 5.13 Å². The zero-order valence-electron chi connectivity index (χ0n) is 12.3. The predicted molar refractivity (Wildman–Crippen MR) is 92.3 cm³/mol. The maximum absolute atomic E-state index is 12.1. The van der Waals surface area contributed by atoms with Crippen LogP contribution in [0.2, 0.25) is 10.0 Å². The average molecular weight is 372 g/mol. The number of thiazole rings is 1. The van der Waals surface area contributed by atoms with E-state index in [0.717, 1.165) is 11.1 Å². The Morgan fingerprint density at radius 3 is 3.00 bits per heavy atom. The normalized spacial score (nSPS) is 19.9. The molecule has 0 spiro atoms. The molecule has 1 aliphatic carbocycles. The van der Waals surface area contributed by atoms with Crippen molar-refractivity contribution in [3.8, 4) is 0 Å². The van der Waals surface area contributed by atoms with Crippen LogP contribution < -0.4 is 5.32 Å². The van der Waals surface area contributed by atoms with Gasteiger partial charge in [0.25, 0.3) is 0 Å². The van der Waals surface area contributed by atoms with Gasteiger partial charge in [-0.05, 0) is 30.3 Å². The van der Waals surface area contributed by atoms with Gasteiger partial charge in [-0.2, -0.15) is 0 Å². The number of nitrogens with zero attached hydrogens (tertiary/aromatic N) is 2. The number of aliphatic hydroxyl groups is 1. The van der Waals surface area contributed by atoms with Crippen molar-refractivity contribution < 1.29 is 9.90 Å². The summed E-state index contributed by atoms with van der Waals surface area (Å²) in [6, 6.07) is 3.16. The standard InChI is InChI=1S/C15H15Cl2N3O2S/c1-20(7-13(22)19-15-18-2-3-23-15)14-10-4-8(16)5-11(17)9(10)6-12(14)21/h2-5,12,14,21H,6-7H2,1H3,(H,18,19,22)/t12-,14+/m1/s1. The number of nitrogens with one attached hydrogen (secondary N) is 1. The first-order valence-corrected chi connectivity index (χ1v) is 8.64. The van der Waals surface area contributed by atoms with Crippen LogP contribution in [0, 0.1) is 0 Å². The van der Waals surface area contributed by atoms with Gasteiger partial charge in [-0.3, -0.25) is 9.69 Å². The summed E-state index contributed by atoms with van der Waals surface area (Å²) in [5.74, 6) is -0.184. The Bertz CT molecular complexity index is 724. The van der Waals surface area contributed by atoms with Crippen LogP contribution in [0.1, 0.15) is 17.2 Å². The van der Waals surface area contributed by atoms with E-state index in [-0.39, 0.29) is 18.5 Å². The molecule has 1 aliphatic rings. The van der Waals surface area contributed by atoms with E-state index < -0.39 is 6.10 Å². The van der Waals surface area contributed by atoms with Crippen molar-refractivity contribution in [2.24, 2.45) is 0 Å². The molecule has 1 aromatic carbocycles. The minimum absolute atomic E-state index is 0.130. The predicted octanol–water partition coefficient (Wildman–Crippen LogP) is 2.98. The molecule has 2 N–H and O–H groups in total. The molecule has 0 aliphatic heterocycles. The van der Waals surface area contributed by atoms with Gasteiger partial charge in [-0.1, -0.05) is 23.2 Å². The fraction of sp³-hybridized carbons (Fsp3) is 0.333. The topological polar surface area (TPSA) is 65.5 Å². The molecule has 23 heavy (non-hydrogen) atoms. The highest BCUT2D eigenvalue weighted by molar-refractivity contribution is 7.13. The lowest BCUT2D eigenvalue weighted by Crippen LogP contribution is -2.37. The number of halogens is 2. The van der Waals surface area contributed by atoms with Crippen LogP contribution in [-0.2, 0) is 11.2 Å². The molecule has 2 aromatic rings. The van der Waals surface area contributed by atoms with Gasteiger partial charge in [0.05, 0.1) is 18.7 Å². The first-order valence-electron chi connectivity index (χ1n) is 7.01. The van der Waals surface area contributed by atoms with Gasteiger partial charge in [-0.15, -0.1) is 11.3 Å². The molecule has 1 heterocycles. The molecule has 0 radical (unpaired) electrons. The molecule has 5 nitrogen and oxygen atoms in total. The highest BCUT2D eigenvalue weighted by Gasteiger charge is 2.36. The number of rotatable bonds is 4. The largest absolute Gasteiger partial charge is 0.391 e. The maximum atomic E-state index is 12.1. The van der Waals surface area contributed by atoms with Crippen molar-refractivity contribution in [3.63, 3.8) is 0 Å². The number of fused-ring (bicyclic) bond motifs is 1. The number of aromatic nitrogens is 1. The van der Waals surface area contributed by atoms with E-state index in [9.17, 15) is 9.90 Å². The number of aliphatic hydroxyl groups excluding tert-OH is 1. The number of carbonyl (C=O) groups is 1. The summed E-state index contributed by atoms with van der Waals surface area (Å²) >= 11 is 13.6. The van der Waals surface area contributed by atoms with Gasteiger partial charge < -0.3 is 10.4 Å². The zero-order valence-corrected chi connectivity index (χ0v) is 14.6.